The predicted molar refractivity (Wildman–Crippen MR) is 148 cm³/mol. The highest BCUT2D eigenvalue weighted by Gasteiger charge is 2.24. The maximum Gasteiger partial charge on any atom is 0.128 e. The number of nitrogens with one attached hydrogen (secondary N) is 4. The van der Waals surface area contributed by atoms with Crippen LogP contribution in [0.5, 0.6) is 0 Å². The molecule has 196 valence electrons. The van der Waals surface area contributed by atoms with Gasteiger partial charge in [-0.25, -0.2) is 8.78 Å². The van der Waals surface area contributed by atoms with Gasteiger partial charge in [-0.2, -0.15) is 0 Å². The number of rotatable bonds is 6. The van der Waals surface area contributed by atoms with Crippen molar-refractivity contribution in [3.8, 4) is 0 Å². The molecule has 4 atom stereocenters. The molecular formula is C24H38Cl4F2N4. The van der Waals surface area contributed by atoms with E-state index in [-0.39, 0.29) is 61.7 Å². The topological polar surface area (TPSA) is 48.1 Å². The third kappa shape index (κ3) is 12.8. The highest BCUT2D eigenvalue weighted by Crippen LogP contribution is 2.10. The van der Waals surface area contributed by atoms with Gasteiger partial charge in [0.1, 0.15) is 12.3 Å². The summed E-state index contributed by atoms with van der Waals surface area (Å²) in [5, 5.41) is 12.6. The van der Waals surface area contributed by atoms with Crippen molar-refractivity contribution < 1.29 is 8.78 Å². The van der Waals surface area contributed by atoms with Crippen LogP contribution in [0.2, 0.25) is 0 Å². The van der Waals surface area contributed by atoms with Crippen molar-refractivity contribution in [3.05, 3.63) is 71.8 Å². The van der Waals surface area contributed by atoms with E-state index in [9.17, 15) is 8.78 Å². The van der Waals surface area contributed by atoms with E-state index in [4.69, 9.17) is 0 Å². The second-order valence-corrected chi connectivity index (χ2v) is 7.96. The van der Waals surface area contributed by atoms with Crippen molar-refractivity contribution >= 4 is 49.6 Å². The van der Waals surface area contributed by atoms with Crippen LogP contribution >= 0.6 is 49.6 Å². The van der Waals surface area contributed by atoms with Crippen LogP contribution in [0.15, 0.2) is 60.7 Å². The lowest BCUT2D eigenvalue weighted by molar-refractivity contribution is 0.202. The number of piperidine rings is 2. The van der Waals surface area contributed by atoms with E-state index in [1.165, 1.54) is 11.1 Å². The van der Waals surface area contributed by atoms with Gasteiger partial charge in [-0.1, -0.05) is 60.7 Å². The Balaban J connectivity index is 0. The molecule has 0 unspecified atom stereocenters. The Kier molecular flexibility index (Phi) is 21.4. The number of halogens is 6. The Bertz CT molecular complexity index is 657. The second kappa shape index (κ2) is 20.5. The average molecular weight is 562 g/mol. The van der Waals surface area contributed by atoms with Crippen molar-refractivity contribution in [1.29, 1.82) is 0 Å². The molecule has 0 saturated carbocycles. The van der Waals surface area contributed by atoms with Crippen LogP contribution in [-0.2, 0) is 13.1 Å². The Morgan fingerprint density at radius 2 is 0.971 bits per heavy atom. The molecule has 2 aliphatic heterocycles. The summed E-state index contributed by atoms with van der Waals surface area (Å²) < 4.78 is 26.9. The van der Waals surface area contributed by atoms with Crippen LogP contribution in [0, 0.1) is 0 Å². The molecule has 2 aliphatic rings. The van der Waals surface area contributed by atoms with E-state index in [1.54, 1.807) is 0 Å². The fraction of sp³-hybridized carbons (Fsp3) is 0.500. The molecule has 0 radical (unpaired) electrons. The minimum absolute atomic E-state index is 0. The lowest BCUT2D eigenvalue weighted by atomic mass is 10.0. The molecule has 34 heavy (non-hydrogen) atoms. The van der Waals surface area contributed by atoms with Crippen LogP contribution in [0.25, 0.3) is 0 Å². The Morgan fingerprint density at radius 3 is 1.29 bits per heavy atom. The molecule has 2 fully saturated rings. The monoisotopic (exact) mass is 560 g/mol. The Labute approximate surface area is 227 Å². The zero-order chi connectivity index (χ0) is 21.0. The smallest absolute Gasteiger partial charge is 0.128 e. The predicted octanol–water partition coefficient (Wildman–Crippen LogP) is 4.64. The molecule has 4 N–H and O–H groups in total. The van der Waals surface area contributed by atoms with Crippen molar-refractivity contribution in [2.24, 2.45) is 0 Å². The Morgan fingerprint density at radius 1 is 0.618 bits per heavy atom. The van der Waals surface area contributed by atoms with Gasteiger partial charge < -0.3 is 21.3 Å². The van der Waals surface area contributed by atoms with Crippen LogP contribution in [-0.4, -0.2) is 50.6 Å². The molecule has 0 spiro atoms. The van der Waals surface area contributed by atoms with E-state index in [2.05, 4.69) is 45.5 Å². The SMILES string of the molecule is Cl.Cl.Cl.Cl.F[C@@H]1CNCC[C@@H]1NCc1ccccc1.F[C@H]1CNCC[C@H]1NCc1ccccc1. The normalized spacial score (nSPS) is 23.4. The van der Waals surface area contributed by atoms with Crippen molar-refractivity contribution in [2.45, 2.75) is 50.4 Å². The van der Waals surface area contributed by atoms with Gasteiger partial charge in [0.25, 0.3) is 0 Å². The summed E-state index contributed by atoms with van der Waals surface area (Å²) in [7, 11) is 0. The first-order valence-electron chi connectivity index (χ1n) is 11.0. The molecule has 2 aromatic carbocycles. The summed E-state index contributed by atoms with van der Waals surface area (Å²) in [6, 6.07) is 20.2. The molecule has 4 rings (SSSR count). The average Bonchev–Trinajstić information content (AvgIpc) is 2.80. The molecule has 0 amide bonds. The summed E-state index contributed by atoms with van der Waals surface area (Å²) in [5.74, 6) is 0. The van der Waals surface area contributed by atoms with Gasteiger partial charge in [0.15, 0.2) is 0 Å². The molecule has 10 heteroatoms. The molecular weight excluding hydrogens is 524 g/mol. The van der Waals surface area contributed by atoms with Crippen LogP contribution in [0.1, 0.15) is 24.0 Å². The zero-order valence-electron chi connectivity index (χ0n) is 19.1. The van der Waals surface area contributed by atoms with Gasteiger partial charge in [0.05, 0.1) is 0 Å². The van der Waals surface area contributed by atoms with Crippen molar-refractivity contribution in [2.75, 3.05) is 26.2 Å². The first-order chi connectivity index (χ1) is 14.7. The summed E-state index contributed by atoms with van der Waals surface area (Å²) in [5.41, 5.74) is 2.42. The molecule has 2 saturated heterocycles. The lowest BCUT2D eigenvalue weighted by Gasteiger charge is -2.27. The quantitative estimate of drug-likeness (QED) is 0.415. The summed E-state index contributed by atoms with van der Waals surface area (Å²) >= 11 is 0. The fourth-order valence-corrected chi connectivity index (χ4v) is 3.79. The molecule has 0 aromatic heterocycles. The lowest BCUT2D eigenvalue weighted by Crippen LogP contribution is -2.48. The number of benzene rings is 2. The molecule has 0 aliphatic carbocycles. The maximum absolute atomic E-state index is 13.4. The van der Waals surface area contributed by atoms with Gasteiger partial charge in [-0.05, 0) is 37.1 Å². The molecule has 0 bridgehead atoms. The Hall–Kier alpha value is -0.700. The molecule has 2 heterocycles. The van der Waals surface area contributed by atoms with E-state index in [0.29, 0.717) is 13.1 Å². The summed E-state index contributed by atoms with van der Waals surface area (Å²) in [4.78, 5) is 0. The fourth-order valence-electron chi connectivity index (χ4n) is 3.79. The number of alkyl halides is 2. The zero-order valence-corrected chi connectivity index (χ0v) is 22.4. The highest BCUT2D eigenvalue weighted by molar-refractivity contribution is 5.86. The second-order valence-electron chi connectivity index (χ2n) is 7.96. The number of hydrogen-bond acceptors (Lipinski definition) is 4. The first-order valence-corrected chi connectivity index (χ1v) is 11.0. The van der Waals surface area contributed by atoms with Crippen molar-refractivity contribution in [3.63, 3.8) is 0 Å². The molecule has 4 nitrogen and oxygen atoms in total. The van der Waals surface area contributed by atoms with E-state index >= 15 is 0 Å². The van der Waals surface area contributed by atoms with Crippen molar-refractivity contribution in [1.82, 2.24) is 21.3 Å². The highest BCUT2D eigenvalue weighted by atomic mass is 35.5. The van der Waals surface area contributed by atoms with Gasteiger partial charge in [-0.15, -0.1) is 49.6 Å². The number of hydrogen-bond donors (Lipinski definition) is 4. The van der Waals surface area contributed by atoms with Crippen LogP contribution < -0.4 is 21.3 Å². The standard InChI is InChI=1S/2C12H17FN2.4ClH/c2*13-11-9-14-7-6-12(11)15-8-10-4-2-1-3-5-10;;;;/h2*1-5,11-12,14-15H,6-9H2;4*1H/t2*11-,12+;;;;/m10..../s1. The van der Waals surface area contributed by atoms with Gasteiger partial charge in [0, 0.05) is 38.3 Å². The minimum Gasteiger partial charge on any atom is -0.314 e. The van der Waals surface area contributed by atoms with E-state index < -0.39 is 12.3 Å². The van der Waals surface area contributed by atoms with Gasteiger partial charge in [-0.3, -0.25) is 0 Å². The summed E-state index contributed by atoms with van der Waals surface area (Å²) in [6.45, 7) is 4.29. The minimum atomic E-state index is -0.762. The first kappa shape index (κ1) is 35.5. The molecule has 2 aromatic rings. The van der Waals surface area contributed by atoms with Crippen LogP contribution in [0.3, 0.4) is 0 Å². The van der Waals surface area contributed by atoms with E-state index in [0.717, 1.165) is 39.0 Å². The maximum atomic E-state index is 13.4. The summed E-state index contributed by atoms with van der Waals surface area (Å²) in [6.07, 6.45) is 0.215. The third-order valence-electron chi connectivity index (χ3n) is 5.64. The van der Waals surface area contributed by atoms with Gasteiger partial charge in [0.2, 0.25) is 0 Å². The third-order valence-corrected chi connectivity index (χ3v) is 5.64. The van der Waals surface area contributed by atoms with Crippen LogP contribution in [0.4, 0.5) is 8.78 Å². The van der Waals surface area contributed by atoms with E-state index in [1.807, 2.05) is 36.4 Å². The largest absolute Gasteiger partial charge is 0.314 e. The van der Waals surface area contributed by atoms with Gasteiger partial charge >= 0.3 is 0 Å².